The largest absolute Gasteiger partial charge is 0.479 e. The molecule has 0 aromatic carbocycles. The van der Waals surface area contributed by atoms with E-state index in [0.29, 0.717) is 12.0 Å². The molecule has 0 fully saturated rings. The summed E-state index contributed by atoms with van der Waals surface area (Å²) < 4.78 is 0. The topological polar surface area (TPSA) is 57.5 Å². The van der Waals surface area contributed by atoms with Crippen LogP contribution >= 0.6 is 0 Å². The first-order valence-corrected chi connectivity index (χ1v) is 4.20. The highest BCUT2D eigenvalue weighted by Crippen LogP contribution is 2.27. The molecule has 0 radical (unpaired) electrons. The lowest BCUT2D eigenvalue weighted by Gasteiger charge is -2.24. The maximum Gasteiger partial charge on any atom is 0.339 e. The van der Waals surface area contributed by atoms with Gasteiger partial charge in [-0.1, -0.05) is 6.08 Å². The fraction of sp³-hybridized carbons (Fsp3) is 0.667. The van der Waals surface area contributed by atoms with E-state index < -0.39 is 11.6 Å². The molecular weight excluding hydrogens is 156 g/mol. The van der Waals surface area contributed by atoms with E-state index in [1.165, 1.54) is 6.92 Å². The third kappa shape index (κ3) is 1.67. The molecule has 3 heteroatoms. The molecule has 2 N–H and O–H groups in total. The van der Waals surface area contributed by atoms with Crippen molar-refractivity contribution in [3.63, 3.8) is 0 Å². The summed E-state index contributed by atoms with van der Waals surface area (Å²) >= 11 is 0. The Kier molecular flexibility index (Phi) is 2.52. The van der Waals surface area contributed by atoms with Crippen molar-refractivity contribution in [3.8, 4) is 0 Å². The lowest BCUT2D eigenvalue weighted by Crippen LogP contribution is -2.37. The average molecular weight is 170 g/mol. The van der Waals surface area contributed by atoms with E-state index in [9.17, 15) is 9.90 Å². The molecule has 12 heavy (non-hydrogen) atoms. The maximum absolute atomic E-state index is 10.6. The molecule has 3 nitrogen and oxygen atoms in total. The normalized spacial score (nSPS) is 22.7. The van der Waals surface area contributed by atoms with Gasteiger partial charge in [0.1, 0.15) is 0 Å². The van der Waals surface area contributed by atoms with Gasteiger partial charge in [-0.3, -0.25) is 0 Å². The number of carboxylic acid groups (broad SMARTS) is 1. The van der Waals surface area contributed by atoms with Crippen LogP contribution in [0.2, 0.25) is 0 Å². The summed E-state index contributed by atoms with van der Waals surface area (Å²) in [6, 6.07) is 0. The number of aliphatic carboxylic acids is 1. The monoisotopic (exact) mass is 170 g/mol. The van der Waals surface area contributed by atoms with Crippen LogP contribution in [-0.2, 0) is 4.79 Å². The predicted octanol–water partition coefficient (Wildman–Crippen LogP) is 1.32. The molecule has 1 aliphatic carbocycles. The van der Waals surface area contributed by atoms with Gasteiger partial charge in [-0.2, -0.15) is 0 Å². The van der Waals surface area contributed by atoms with Crippen LogP contribution in [0.5, 0.6) is 0 Å². The van der Waals surface area contributed by atoms with Crippen LogP contribution in [0.25, 0.3) is 0 Å². The Bertz CT molecular complexity index is 216. The Labute approximate surface area is 71.7 Å². The fourth-order valence-electron chi connectivity index (χ4n) is 1.42. The number of hydrogen-bond donors (Lipinski definition) is 2. The van der Waals surface area contributed by atoms with Crippen molar-refractivity contribution in [2.45, 2.75) is 38.2 Å². The second kappa shape index (κ2) is 3.27. The predicted molar refractivity (Wildman–Crippen MR) is 44.8 cm³/mol. The van der Waals surface area contributed by atoms with Gasteiger partial charge in [0.25, 0.3) is 0 Å². The molecule has 0 aromatic heterocycles. The van der Waals surface area contributed by atoms with Crippen LogP contribution in [0, 0.1) is 0 Å². The first-order valence-electron chi connectivity index (χ1n) is 4.20. The first-order chi connectivity index (χ1) is 5.55. The zero-order valence-corrected chi connectivity index (χ0v) is 7.21. The number of carboxylic acids is 1. The SMILES string of the molecule is CC(O)(C(=O)O)C1=CCCCC1. The number of aliphatic hydroxyl groups is 1. The van der Waals surface area contributed by atoms with E-state index in [-0.39, 0.29) is 0 Å². The summed E-state index contributed by atoms with van der Waals surface area (Å²) in [7, 11) is 0. The number of hydrogen-bond acceptors (Lipinski definition) is 2. The zero-order valence-electron chi connectivity index (χ0n) is 7.21. The third-order valence-electron chi connectivity index (χ3n) is 2.33. The van der Waals surface area contributed by atoms with Gasteiger partial charge in [-0.15, -0.1) is 0 Å². The van der Waals surface area contributed by atoms with E-state index in [1.54, 1.807) is 0 Å². The van der Waals surface area contributed by atoms with Gasteiger partial charge in [0.2, 0.25) is 0 Å². The summed E-state index contributed by atoms with van der Waals surface area (Å²) in [6.45, 7) is 1.34. The van der Waals surface area contributed by atoms with Crippen LogP contribution in [-0.4, -0.2) is 21.8 Å². The van der Waals surface area contributed by atoms with Gasteiger partial charge in [-0.05, 0) is 38.2 Å². The van der Waals surface area contributed by atoms with E-state index in [4.69, 9.17) is 5.11 Å². The standard InChI is InChI=1S/C9H14O3/c1-9(12,8(10)11)7-5-3-2-4-6-7/h5,12H,2-4,6H2,1H3,(H,10,11). The van der Waals surface area contributed by atoms with Crippen LogP contribution < -0.4 is 0 Å². The summed E-state index contributed by atoms with van der Waals surface area (Å²) in [6.07, 6.45) is 5.52. The summed E-state index contributed by atoms with van der Waals surface area (Å²) in [5, 5.41) is 18.3. The van der Waals surface area contributed by atoms with Crippen molar-refractivity contribution >= 4 is 5.97 Å². The fourth-order valence-corrected chi connectivity index (χ4v) is 1.42. The molecule has 0 bridgehead atoms. The summed E-state index contributed by atoms with van der Waals surface area (Å²) in [5.41, 5.74) is -0.998. The molecule has 1 atom stereocenters. The van der Waals surface area contributed by atoms with Gasteiger partial charge < -0.3 is 10.2 Å². The number of carbonyl (C=O) groups is 1. The lowest BCUT2D eigenvalue weighted by molar-refractivity contribution is -0.153. The average Bonchev–Trinajstić information content (AvgIpc) is 2.06. The smallest absolute Gasteiger partial charge is 0.339 e. The minimum atomic E-state index is -1.65. The highest BCUT2D eigenvalue weighted by molar-refractivity contribution is 5.80. The van der Waals surface area contributed by atoms with Gasteiger partial charge in [0.15, 0.2) is 5.60 Å². The van der Waals surface area contributed by atoms with Crippen LogP contribution in [0.15, 0.2) is 11.6 Å². The Balaban J connectivity index is 2.79. The quantitative estimate of drug-likeness (QED) is 0.614. The second-order valence-corrected chi connectivity index (χ2v) is 3.35. The minimum absolute atomic E-state index is 0.654. The number of rotatable bonds is 2. The van der Waals surface area contributed by atoms with E-state index >= 15 is 0 Å². The Hall–Kier alpha value is -0.830. The third-order valence-corrected chi connectivity index (χ3v) is 2.33. The van der Waals surface area contributed by atoms with Crippen molar-refractivity contribution in [2.24, 2.45) is 0 Å². The maximum atomic E-state index is 10.6. The van der Waals surface area contributed by atoms with Crippen LogP contribution in [0.3, 0.4) is 0 Å². The molecule has 0 aromatic rings. The molecular formula is C9H14O3. The van der Waals surface area contributed by atoms with Crippen molar-refractivity contribution in [1.29, 1.82) is 0 Å². The molecule has 0 saturated heterocycles. The number of allylic oxidation sites excluding steroid dienone is 1. The highest BCUT2D eigenvalue weighted by Gasteiger charge is 2.34. The molecule has 68 valence electrons. The van der Waals surface area contributed by atoms with E-state index in [2.05, 4.69) is 0 Å². The Morgan fingerprint density at radius 3 is 2.67 bits per heavy atom. The highest BCUT2D eigenvalue weighted by atomic mass is 16.4. The van der Waals surface area contributed by atoms with Crippen molar-refractivity contribution in [2.75, 3.05) is 0 Å². The van der Waals surface area contributed by atoms with Gasteiger partial charge in [0.05, 0.1) is 0 Å². The molecule has 0 saturated carbocycles. The molecule has 1 aliphatic rings. The molecule has 1 rings (SSSR count). The minimum Gasteiger partial charge on any atom is -0.479 e. The van der Waals surface area contributed by atoms with E-state index in [1.807, 2.05) is 6.08 Å². The van der Waals surface area contributed by atoms with Gasteiger partial charge >= 0.3 is 5.97 Å². The van der Waals surface area contributed by atoms with Crippen molar-refractivity contribution in [1.82, 2.24) is 0 Å². The summed E-state index contributed by atoms with van der Waals surface area (Å²) in [4.78, 5) is 10.6. The van der Waals surface area contributed by atoms with Crippen molar-refractivity contribution < 1.29 is 15.0 Å². The van der Waals surface area contributed by atoms with E-state index in [0.717, 1.165) is 19.3 Å². The summed E-state index contributed by atoms with van der Waals surface area (Å²) in [5.74, 6) is -1.16. The van der Waals surface area contributed by atoms with Crippen LogP contribution in [0.4, 0.5) is 0 Å². The molecule has 0 aliphatic heterocycles. The van der Waals surface area contributed by atoms with Gasteiger partial charge in [0, 0.05) is 0 Å². The second-order valence-electron chi connectivity index (χ2n) is 3.35. The van der Waals surface area contributed by atoms with Crippen molar-refractivity contribution in [3.05, 3.63) is 11.6 Å². The molecule has 1 unspecified atom stereocenters. The van der Waals surface area contributed by atoms with Gasteiger partial charge in [-0.25, -0.2) is 4.79 Å². The Morgan fingerprint density at radius 1 is 1.58 bits per heavy atom. The Morgan fingerprint density at radius 2 is 2.25 bits per heavy atom. The lowest BCUT2D eigenvalue weighted by atomic mass is 9.87. The molecule has 0 spiro atoms. The van der Waals surface area contributed by atoms with Crippen LogP contribution in [0.1, 0.15) is 32.6 Å². The molecule has 0 amide bonds. The molecule has 0 heterocycles. The zero-order chi connectivity index (χ0) is 9.19. The first kappa shape index (κ1) is 9.26.